The SMILES string of the molecule is Cc1cnc(CNC(C)c2c(C)cc(C)nc2C)cn1. The van der Waals surface area contributed by atoms with Gasteiger partial charge in [-0.05, 0) is 51.8 Å². The van der Waals surface area contributed by atoms with Crippen LogP contribution < -0.4 is 5.32 Å². The minimum atomic E-state index is 0.242. The van der Waals surface area contributed by atoms with Gasteiger partial charge in [0.15, 0.2) is 0 Å². The van der Waals surface area contributed by atoms with Crippen LogP contribution in [0.4, 0.5) is 0 Å². The first-order chi connectivity index (χ1) is 9.47. The molecule has 0 aliphatic heterocycles. The maximum absolute atomic E-state index is 4.55. The van der Waals surface area contributed by atoms with Gasteiger partial charge in [0.25, 0.3) is 0 Å². The molecule has 20 heavy (non-hydrogen) atoms. The molecule has 106 valence electrons. The molecule has 0 amide bonds. The van der Waals surface area contributed by atoms with E-state index in [-0.39, 0.29) is 6.04 Å². The zero-order valence-corrected chi connectivity index (χ0v) is 12.9. The van der Waals surface area contributed by atoms with Gasteiger partial charge < -0.3 is 5.32 Å². The van der Waals surface area contributed by atoms with E-state index in [0.29, 0.717) is 6.54 Å². The molecule has 1 unspecified atom stereocenters. The third-order valence-corrected chi connectivity index (χ3v) is 3.44. The number of hydrogen-bond acceptors (Lipinski definition) is 4. The fourth-order valence-electron chi connectivity index (χ4n) is 2.56. The molecule has 2 heterocycles. The van der Waals surface area contributed by atoms with Crippen LogP contribution in [0.3, 0.4) is 0 Å². The Balaban J connectivity index is 2.09. The monoisotopic (exact) mass is 270 g/mol. The van der Waals surface area contributed by atoms with E-state index in [1.807, 2.05) is 20.0 Å². The lowest BCUT2D eigenvalue weighted by Crippen LogP contribution is -2.21. The van der Waals surface area contributed by atoms with Crippen molar-refractivity contribution in [3.05, 3.63) is 52.4 Å². The summed E-state index contributed by atoms with van der Waals surface area (Å²) >= 11 is 0. The summed E-state index contributed by atoms with van der Waals surface area (Å²) in [5.41, 5.74) is 6.62. The van der Waals surface area contributed by atoms with E-state index < -0.39 is 0 Å². The zero-order chi connectivity index (χ0) is 14.7. The van der Waals surface area contributed by atoms with Gasteiger partial charge in [0.2, 0.25) is 0 Å². The summed E-state index contributed by atoms with van der Waals surface area (Å²) < 4.78 is 0. The Morgan fingerprint density at radius 3 is 2.40 bits per heavy atom. The van der Waals surface area contributed by atoms with Gasteiger partial charge in [-0.2, -0.15) is 0 Å². The maximum Gasteiger partial charge on any atom is 0.0724 e. The summed E-state index contributed by atoms with van der Waals surface area (Å²) in [6.07, 6.45) is 3.62. The van der Waals surface area contributed by atoms with Gasteiger partial charge in [0.1, 0.15) is 0 Å². The minimum absolute atomic E-state index is 0.242. The molecular formula is C16H22N4. The summed E-state index contributed by atoms with van der Waals surface area (Å²) in [7, 11) is 0. The number of aryl methyl sites for hydroxylation is 4. The lowest BCUT2D eigenvalue weighted by molar-refractivity contribution is 0.559. The molecule has 0 aliphatic carbocycles. The molecule has 0 saturated carbocycles. The summed E-state index contributed by atoms with van der Waals surface area (Å²) in [4.78, 5) is 13.2. The standard InChI is InChI=1S/C16H22N4/c1-10-6-11(2)20-14(5)16(10)13(4)18-9-15-8-17-12(3)7-19-15/h6-8,13,18H,9H2,1-5H3. The molecular weight excluding hydrogens is 248 g/mol. The van der Waals surface area contributed by atoms with E-state index in [2.05, 4.69) is 47.1 Å². The van der Waals surface area contributed by atoms with Gasteiger partial charge in [-0.25, -0.2) is 0 Å². The third-order valence-electron chi connectivity index (χ3n) is 3.44. The molecule has 0 saturated heterocycles. The third kappa shape index (κ3) is 3.39. The highest BCUT2D eigenvalue weighted by atomic mass is 14.9. The van der Waals surface area contributed by atoms with E-state index in [1.165, 1.54) is 11.1 Å². The number of rotatable bonds is 4. The summed E-state index contributed by atoms with van der Waals surface area (Å²) in [5, 5.41) is 3.49. The summed E-state index contributed by atoms with van der Waals surface area (Å²) in [6, 6.07) is 2.37. The largest absolute Gasteiger partial charge is 0.304 e. The van der Waals surface area contributed by atoms with Gasteiger partial charge in [0.05, 0.1) is 11.4 Å². The van der Waals surface area contributed by atoms with Crippen LogP contribution in [0.2, 0.25) is 0 Å². The summed E-state index contributed by atoms with van der Waals surface area (Å²) in [6.45, 7) is 11.1. The summed E-state index contributed by atoms with van der Waals surface area (Å²) in [5.74, 6) is 0. The lowest BCUT2D eigenvalue weighted by atomic mass is 10.0. The van der Waals surface area contributed by atoms with E-state index in [4.69, 9.17) is 0 Å². The number of hydrogen-bond donors (Lipinski definition) is 1. The molecule has 1 atom stereocenters. The zero-order valence-electron chi connectivity index (χ0n) is 12.9. The predicted molar refractivity (Wildman–Crippen MR) is 80.5 cm³/mol. The second kappa shape index (κ2) is 6.09. The Morgan fingerprint density at radius 2 is 1.80 bits per heavy atom. The van der Waals surface area contributed by atoms with Crippen LogP contribution in [0.1, 0.15) is 46.9 Å². The highest BCUT2D eigenvalue weighted by molar-refractivity contribution is 5.33. The molecule has 0 bridgehead atoms. The van der Waals surface area contributed by atoms with Gasteiger partial charge in [-0.3, -0.25) is 15.0 Å². The Bertz CT molecular complexity index is 567. The van der Waals surface area contributed by atoms with Gasteiger partial charge >= 0.3 is 0 Å². The molecule has 2 aromatic rings. The quantitative estimate of drug-likeness (QED) is 0.928. The van der Waals surface area contributed by atoms with Crippen molar-refractivity contribution in [1.82, 2.24) is 20.3 Å². The molecule has 2 aromatic heterocycles. The first kappa shape index (κ1) is 14.6. The molecule has 4 nitrogen and oxygen atoms in total. The van der Waals surface area contributed by atoms with Crippen LogP contribution >= 0.6 is 0 Å². The van der Waals surface area contributed by atoms with Gasteiger partial charge in [-0.1, -0.05) is 0 Å². The smallest absolute Gasteiger partial charge is 0.0724 e. The van der Waals surface area contributed by atoms with Crippen molar-refractivity contribution in [3.63, 3.8) is 0 Å². The van der Waals surface area contributed by atoms with Crippen LogP contribution in [0, 0.1) is 27.7 Å². The molecule has 0 fully saturated rings. The van der Waals surface area contributed by atoms with Crippen molar-refractivity contribution in [2.24, 2.45) is 0 Å². The predicted octanol–water partition coefficient (Wildman–Crippen LogP) is 2.96. The van der Waals surface area contributed by atoms with Crippen molar-refractivity contribution in [2.75, 3.05) is 0 Å². The topological polar surface area (TPSA) is 50.7 Å². The molecule has 0 aromatic carbocycles. The first-order valence-corrected chi connectivity index (χ1v) is 6.93. The van der Waals surface area contributed by atoms with E-state index in [1.54, 1.807) is 6.20 Å². The molecule has 0 spiro atoms. The molecule has 4 heteroatoms. The average Bonchev–Trinajstić information content (AvgIpc) is 2.37. The molecule has 1 N–H and O–H groups in total. The van der Waals surface area contributed by atoms with Gasteiger partial charge in [0, 0.05) is 36.4 Å². The van der Waals surface area contributed by atoms with Crippen molar-refractivity contribution in [1.29, 1.82) is 0 Å². The maximum atomic E-state index is 4.55. The number of nitrogens with one attached hydrogen (secondary N) is 1. The average molecular weight is 270 g/mol. The number of aromatic nitrogens is 3. The fraction of sp³-hybridized carbons (Fsp3) is 0.438. The highest BCUT2D eigenvalue weighted by Crippen LogP contribution is 2.21. The van der Waals surface area contributed by atoms with E-state index in [9.17, 15) is 0 Å². The van der Waals surface area contributed by atoms with Crippen LogP contribution in [0.15, 0.2) is 18.5 Å². The second-order valence-corrected chi connectivity index (χ2v) is 5.33. The second-order valence-electron chi connectivity index (χ2n) is 5.33. The Kier molecular flexibility index (Phi) is 4.45. The minimum Gasteiger partial charge on any atom is -0.304 e. The van der Waals surface area contributed by atoms with Crippen LogP contribution in [-0.2, 0) is 6.54 Å². The van der Waals surface area contributed by atoms with Crippen LogP contribution in [-0.4, -0.2) is 15.0 Å². The normalized spacial score (nSPS) is 12.4. The van der Waals surface area contributed by atoms with Crippen molar-refractivity contribution >= 4 is 0 Å². The first-order valence-electron chi connectivity index (χ1n) is 6.93. The van der Waals surface area contributed by atoms with E-state index >= 15 is 0 Å². The van der Waals surface area contributed by atoms with Crippen molar-refractivity contribution in [2.45, 2.75) is 47.2 Å². The molecule has 0 radical (unpaired) electrons. The van der Waals surface area contributed by atoms with Crippen LogP contribution in [0.25, 0.3) is 0 Å². The van der Waals surface area contributed by atoms with Crippen LogP contribution in [0.5, 0.6) is 0 Å². The molecule has 0 aliphatic rings. The Morgan fingerprint density at radius 1 is 1.05 bits per heavy atom. The highest BCUT2D eigenvalue weighted by Gasteiger charge is 2.12. The van der Waals surface area contributed by atoms with Crippen molar-refractivity contribution in [3.8, 4) is 0 Å². The van der Waals surface area contributed by atoms with Crippen molar-refractivity contribution < 1.29 is 0 Å². The Labute approximate surface area is 120 Å². The number of nitrogens with zero attached hydrogens (tertiary/aromatic N) is 3. The lowest BCUT2D eigenvalue weighted by Gasteiger charge is -2.19. The Hall–Kier alpha value is -1.81. The van der Waals surface area contributed by atoms with E-state index in [0.717, 1.165) is 22.8 Å². The number of pyridine rings is 1. The fourth-order valence-corrected chi connectivity index (χ4v) is 2.56. The molecule has 2 rings (SSSR count). The van der Waals surface area contributed by atoms with Gasteiger partial charge in [-0.15, -0.1) is 0 Å².